The number of amides is 1. The van der Waals surface area contributed by atoms with E-state index in [0.717, 1.165) is 0 Å². The van der Waals surface area contributed by atoms with Gasteiger partial charge < -0.3 is 4.74 Å². The first kappa shape index (κ1) is 20.2. The zero-order chi connectivity index (χ0) is 21.0. The summed E-state index contributed by atoms with van der Waals surface area (Å²) < 4.78 is 20.2. The number of halogens is 1. The van der Waals surface area contributed by atoms with Gasteiger partial charge in [-0.1, -0.05) is 18.2 Å². The molecular formula is C21H21FN4O3. The van der Waals surface area contributed by atoms with Crippen molar-refractivity contribution < 1.29 is 18.7 Å². The molecule has 150 valence electrons. The Labute approximate surface area is 167 Å². The molecule has 3 aromatic rings. The highest BCUT2D eigenvalue weighted by atomic mass is 19.1. The molecule has 0 N–H and O–H groups in total. The molecule has 0 aliphatic rings. The van der Waals surface area contributed by atoms with Crippen molar-refractivity contribution in [3.8, 4) is 5.82 Å². The van der Waals surface area contributed by atoms with Crippen molar-refractivity contribution in [3.63, 3.8) is 0 Å². The fourth-order valence-electron chi connectivity index (χ4n) is 2.59. The van der Waals surface area contributed by atoms with Crippen LogP contribution >= 0.6 is 0 Å². The molecule has 0 aliphatic heterocycles. The van der Waals surface area contributed by atoms with Gasteiger partial charge in [0, 0.05) is 12.4 Å². The Bertz CT molecular complexity index is 995. The fraction of sp³-hybridized carbons (Fsp3) is 0.238. The molecule has 1 amide bonds. The molecule has 0 fully saturated rings. The molecule has 0 aliphatic carbocycles. The Morgan fingerprint density at radius 3 is 2.52 bits per heavy atom. The predicted molar refractivity (Wildman–Crippen MR) is 106 cm³/mol. The number of aldehydes is 1. The van der Waals surface area contributed by atoms with Crippen LogP contribution in [0.25, 0.3) is 5.82 Å². The van der Waals surface area contributed by atoms with Crippen LogP contribution in [0.5, 0.6) is 0 Å². The summed E-state index contributed by atoms with van der Waals surface area (Å²) in [6.07, 6.45) is 3.04. The molecule has 0 spiro atoms. The Hall–Kier alpha value is -3.55. The number of carbonyl (C=O) groups excluding carboxylic acids is 2. The molecule has 0 unspecified atom stereocenters. The first-order chi connectivity index (χ1) is 13.8. The molecule has 0 saturated carbocycles. The van der Waals surface area contributed by atoms with Gasteiger partial charge in [0.25, 0.3) is 0 Å². The number of pyridine rings is 1. The van der Waals surface area contributed by atoms with Crippen LogP contribution in [-0.2, 0) is 11.3 Å². The molecule has 0 saturated heterocycles. The van der Waals surface area contributed by atoms with E-state index in [1.165, 1.54) is 27.9 Å². The maximum absolute atomic E-state index is 13.3. The summed E-state index contributed by atoms with van der Waals surface area (Å²) in [6, 6.07) is 11.0. The maximum Gasteiger partial charge on any atom is 0.416 e. The normalized spacial score (nSPS) is 11.2. The maximum atomic E-state index is 13.3. The van der Waals surface area contributed by atoms with E-state index in [1.807, 2.05) is 0 Å². The number of carbonyl (C=O) groups is 2. The van der Waals surface area contributed by atoms with Gasteiger partial charge in [0.15, 0.2) is 17.9 Å². The number of benzene rings is 1. The minimum absolute atomic E-state index is 0.0509. The number of rotatable bonds is 5. The van der Waals surface area contributed by atoms with E-state index in [0.29, 0.717) is 17.7 Å². The minimum atomic E-state index is -0.747. The summed E-state index contributed by atoms with van der Waals surface area (Å²) in [5.74, 6) is 0.238. The second-order valence-electron chi connectivity index (χ2n) is 7.35. The van der Waals surface area contributed by atoms with Crippen LogP contribution in [0.2, 0.25) is 0 Å². The van der Waals surface area contributed by atoms with E-state index < -0.39 is 11.7 Å². The molecule has 0 atom stereocenters. The topological polar surface area (TPSA) is 77.3 Å². The quantitative estimate of drug-likeness (QED) is 0.605. The van der Waals surface area contributed by atoms with Crippen molar-refractivity contribution in [1.82, 2.24) is 14.8 Å². The van der Waals surface area contributed by atoms with E-state index in [4.69, 9.17) is 4.74 Å². The van der Waals surface area contributed by atoms with E-state index in [9.17, 15) is 14.0 Å². The Morgan fingerprint density at radius 2 is 1.93 bits per heavy atom. The zero-order valence-electron chi connectivity index (χ0n) is 16.4. The third-order valence-electron chi connectivity index (χ3n) is 3.86. The summed E-state index contributed by atoms with van der Waals surface area (Å²) in [6.45, 7) is 5.28. The molecule has 2 aromatic heterocycles. The van der Waals surface area contributed by atoms with Crippen LogP contribution in [0, 0.1) is 5.82 Å². The monoisotopic (exact) mass is 396 g/mol. The molecular weight excluding hydrogens is 375 g/mol. The molecule has 3 rings (SSSR count). The molecule has 2 heterocycles. The van der Waals surface area contributed by atoms with Crippen LogP contribution < -0.4 is 4.90 Å². The lowest BCUT2D eigenvalue weighted by molar-refractivity contribution is 0.0576. The van der Waals surface area contributed by atoms with Gasteiger partial charge in [0.1, 0.15) is 11.4 Å². The average molecular weight is 396 g/mol. The largest absolute Gasteiger partial charge is 0.443 e. The van der Waals surface area contributed by atoms with Crippen molar-refractivity contribution in [3.05, 3.63) is 71.8 Å². The van der Waals surface area contributed by atoms with Gasteiger partial charge in [-0.3, -0.25) is 9.69 Å². The van der Waals surface area contributed by atoms with Gasteiger partial charge in [0.2, 0.25) is 0 Å². The lowest BCUT2D eigenvalue weighted by atomic mass is 10.2. The zero-order valence-corrected chi connectivity index (χ0v) is 16.4. The SMILES string of the molecule is CC(C)(C)OC(=O)N(Cc1ccc(F)cc1)c1nn(-c2ccccn2)cc1C=O. The van der Waals surface area contributed by atoms with Crippen LogP contribution in [-0.4, -0.2) is 32.7 Å². The molecule has 29 heavy (non-hydrogen) atoms. The van der Waals surface area contributed by atoms with Gasteiger partial charge in [-0.2, -0.15) is 0 Å². The first-order valence-corrected chi connectivity index (χ1v) is 8.98. The third-order valence-corrected chi connectivity index (χ3v) is 3.86. The molecule has 8 heteroatoms. The summed E-state index contributed by atoms with van der Waals surface area (Å²) in [4.78, 5) is 30.0. The van der Waals surface area contributed by atoms with Gasteiger partial charge >= 0.3 is 6.09 Å². The number of ether oxygens (including phenoxy) is 1. The Balaban J connectivity index is 2.02. The number of hydrogen-bond acceptors (Lipinski definition) is 5. The smallest absolute Gasteiger partial charge is 0.416 e. The summed E-state index contributed by atoms with van der Waals surface area (Å²) in [5.41, 5.74) is 0.105. The van der Waals surface area contributed by atoms with Crippen molar-refractivity contribution in [2.75, 3.05) is 4.90 Å². The number of aromatic nitrogens is 3. The highest BCUT2D eigenvalue weighted by Gasteiger charge is 2.28. The second kappa shape index (κ2) is 8.22. The van der Waals surface area contributed by atoms with Crippen LogP contribution in [0.1, 0.15) is 36.7 Å². The fourth-order valence-corrected chi connectivity index (χ4v) is 2.59. The Kier molecular flexibility index (Phi) is 5.72. The summed E-state index contributed by atoms with van der Waals surface area (Å²) in [7, 11) is 0. The molecule has 0 radical (unpaired) electrons. The van der Waals surface area contributed by atoms with Crippen molar-refractivity contribution in [1.29, 1.82) is 0 Å². The molecule has 0 bridgehead atoms. The number of hydrogen-bond donors (Lipinski definition) is 0. The van der Waals surface area contributed by atoms with Gasteiger partial charge in [-0.15, -0.1) is 5.10 Å². The number of anilines is 1. The molecule has 7 nitrogen and oxygen atoms in total. The number of nitrogens with zero attached hydrogens (tertiary/aromatic N) is 4. The third kappa shape index (κ3) is 5.04. The molecule has 1 aromatic carbocycles. The van der Waals surface area contributed by atoms with E-state index in [2.05, 4.69) is 10.1 Å². The second-order valence-corrected chi connectivity index (χ2v) is 7.35. The lowest BCUT2D eigenvalue weighted by Crippen LogP contribution is -2.37. The van der Waals surface area contributed by atoms with Gasteiger partial charge in [-0.25, -0.2) is 18.9 Å². The Morgan fingerprint density at radius 1 is 1.21 bits per heavy atom. The van der Waals surface area contributed by atoms with Gasteiger partial charge in [0.05, 0.1) is 12.1 Å². The predicted octanol–water partition coefficient (Wildman–Crippen LogP) is 4.16. The van der Waals surface area contributed by atoms with Crippen LogP contribution in [0.4, 0.5) is 15.0 Å². The van der Waals surface area contributed by atoms with Gasteiger partial charge in [-0.05, 0) is 50.6 Å². The van der Waals surface area contributed by atoms with E-state index in [1.54, 1.807) is 57.3 Å². The van der Waals surface area contributed by atoms with Crippen molar-refractivity contribution >= 4 is 18.2 Å². The highest BCUT2D eigenvalue weighted by Crippen LogP contribution is 2.24. The summed E-state index contributed by atoms with van der Waals surface area (Å²) >= 11 is 0. The van der Waals surface area contributed by atoms with E-state index >= 15 is 0 Å². The highest BCUT2D eigenvalue weighted by molar-refractivity contribution is 5.93. The van der Waals surface area contributed by atoms with E-state index in [-0.39, 0.29) is 23.7 Å². The van der Waals surface area contributed by atoms with Crippen molar-refractivity contribution in [2.24, 2.45) is 0 Å². The summed E-state index contributed by atoms with van der Waals surface area (Å²) in [5, 5.41) is 4.39. The average Bonchev–Trinajstić information content (AvgIpc) is 3.11. The standard InChI is InChI=1S/C21H21FN4O3/c1-21(2,3)29-20(28)25(12-15-7-9-17(22)10-8-15)19-16(14-27)13-26(24-19)18-6-4-5-11-23-18/h4-11,13-14H,12H2,1-3H3. The van der Waals surface area contributed by atoms with Crippen LogP contribution in [0.15, 0.2) is 54.9 Å². The van der Waals surface area contributed by atoms with Crippen LogP contribution in [0.3, 0.4) is 0 Å². The lowest BCUT2D eigenvalue weighted by Gasteiger charge is -2.26. The van der Waals surface area contributed by atoms with Crippen molar-refractivity contribution in [2.45, 2.75) is 32.9 Å². The minimum Gasteiger partial charge on any atom is -0.443 e. The first-order valence-electron chi connectivity index (χ1n) is 8.98.